The second kappa shape index (κ2) is 6.59. The Kier molecular flexibility index (Phi) is 4.70. The molecule has 1 fully saturated rings. The van der Waals surface area contributed by atoms with Gasteiger partial charge in [0.2, 0.25) is 0 Å². The monoisotopic (exact) mass is 370 g/mol. The van der Waals surface area contributed by atoms with Crippen molar-refractivity contribution in [1.82, 2.24) is 10.3 Å². The molecule has 0 aromatic carbocycles. The van der Waals surface area contributed by atoms with Crippen molar-refractivity contribution in [3.8, 4) is 9.88 Å². The molecule has 2 aromatic heterocycles. The Labute approximate surface area is 146 Å². The summed E-state index contributed by atoms with van der Waals surface area (Å²) >= 11 is 8.70. The van der Waals surface area contributed by atoms with Crippen molar-refractivity contribution < 1.29 is 14.7 Å². The molecule has 0 spiro atoms. The Morgan fingerprint density at radius 1 is 1.35 bits per heavy atom. The predicted octanol–water partition coefficient (Wildman–Crippen LogP) is 3.82. The van der Waals surface area contributed by atoms with Gasteiger partial charge in [-0.05, 0) is 38.3 Å². The minimum Gasteiger partial charge on any atom is -0.481 e. The van der Waals surface area contributed by atoms with Crippen LogP contribution in [0.15, 0.2) is 12.1 Å². The van der Waals surface area contributed by atoms with Crippen LogP contribution in [0.5, 0.6) is 0 Å². The van der Waals surface area contributed by atoms with Gasteiger partial charge in [0.1, 0.15) is 9.88 Å². The fourth-order valence-corrected chi connectivity index (χ4v) is 4.80. The molecule has 1 amide bonds. The average Bonchev–Trinajstić information content (AvgIpc) is 3.18. The molecule has 0 bridgehead atoms. The number of nitrogens with zero attached hydrogens (tertiary/aromatic N) is 1. The fourth-order valence-electron chi connectivity index (χ4n) is 2.73. The molecule has 2 atom stereocenters. The van der Waals surface area contributed by atoms with E-state index in [4.69, 9.17) is 16.7 Å². The largest absolute Gasteiger partial charge is 0.481 e. The van der Waals surface area contributed by atoms with Crippen molar-refractivity contribution in [2.45, 2.75) is 32.2 Å². The number of carbonyl (C=O) groups is 2. The van der Waals surface area contributed by atoms with Crippen LogP contribution in [0.4, 0.5) is 0 Å². The molecule has 8 heteroatoms. The second-order valence-corrected chi connectivity index (χ2v) is 8.27. The number of aromatic nitrogens is 1. The lowest BCUT2D eigenvalue weighted by molar-refractivity contribution is -0.141. The molecule has 122 valence electrons. The molecular weight excluding hydrogens is 356 g/mol. The molecule has 23 heavy (non-hydrogen) atoms. The SMILES string of the molecule is Cc1nc(-c2ccc(Cl)s2)sc1C(=O)N[C@@H]1CC[C@H](C(=O)O)C1. The number of halogens is 1. The molecule has 1 aliphatic rings. The third kappa shape index (κ3) is 3.57. The number of thiazole rings is 1. The number of aliphatic carboxylic acids is 1. The molecule has 2 aromatic rings. The number of carboxylic acid groups (broad SMARTS) is 1. The number of aryl methyl sites for hydroxylation is 1. The summed E-state index contributed by atoms with van der Waals surface area (Å²) < 4.78 is 0.685. The van der Waals surface area contributed by atoms with E-state index in [1.54, 1.807) is 6.92 Å². The summed E-state index contributed by atoms with van der Waals surface area (Å²) in [5.74, 6) is -1.32. The van der Waals surface area contributed by atoms with Crippen molar-refractivity contribution in [3.63, 3.8) is 0 Å². The van der Waals surface area contributed by atoms with Crippen molar-refractivity contribution in [3.05, 3.63) is 27.0 Å². The van der Waals surface area contributed by atoms with Gasteiger partial charge in [0.25, 0.3) is 5.91 Å². The van der Waals surface area contributed by atoms with Gasteiger partial charge in [-0.3, -0.25) is 9.59 Å². The first-order valence-electron chi connectivity index (χ1n) is 7.21. The first-order chi connectivity index (χ1) is 10.9. The van der Waals surface area contributed by atoms with Crippen LogP contribution < -0.4 is 5.32 Å². The summed E-state index contributed by atoms with van der Waals surface area (Å²) in [5, 5.41) is 12.7. The van der Waals surface area contributed by atoms with Gasteiger partial charge < -0.3 is 10.4 Å². The van der Waals surface area contributed by atoms with Crippen LogP contribution in [0, 0.1) is 12.8 Å². The Balaban J connectivity index is 1.71. The fraction of sp³-hybridized carbons (Fsp3) is 0.400. The van der Waals surface area contributed by atoms with E-state index in [0.29, 0.717) is 34.2 Å². The van der Waals surface area contributed by atoms with E-state index < -0.39 is 5.97 Å². The van der Waals surface area contributed by atoms with Crippen molar-refractivity contribution in [1.29, 1.82) is 0 Å². The van der Waals surface area contributed by atoms with Crippen LogP contribution in [0.25, 0.3) is 9.88 Å². The van der Waals surface area contributed by atoms with Crippen molar-refractivity contribution >= 4 is 46.2 Å². The van der Waals surface area contributed by atoms with Crippen molar-refractivity contribution in [2.75, 3.05) is 0 Å². The highest BCUT2D eigenvalue weighted by Crippen LogP contribution is 2.35. The Morgan fingerprint density at radius 3 is 2.74 bits per heavy atom. The highest BCUT2D eigenvalue weighted by Gasteiger charge is 2.31. The Morgan fingerprint density at radius 2 is 2.13 bits per heavy atom. The first-order valence-corrected chi connectivity index (χ1v) is 9.22. The minimum absolute atomic E-state index is 0.0790. The summed E-state index contributed by atoms with van der Waals surface area (Å²) in [6.45, 7) is 1.80. The van der Waals surface area contributed by atoms with Gasteiger partial charge in [0.05, 0.1) is 20.8 Å². The topological polar surface area (TPSA) is 79.3 Å². The predicted molar refractivity (Wildman–Crippen MR) is 91.4 cm³/mol. The van der Waals surface area contributed by atoms with Gasteiger partial charge in [0, 0.05) is 6.04 Å². The molecule has 2 N–H and O–H groups in total. The standard InChI is InChI=1S/C15H15ClN2O3S2/c1-7-12(23-14(17-7)10-4-5-11(16)22-10)13(19)18-9-3-2-8(6-9)15(20)21/h4-5,8-9H,2-3,6H2,1H3,(H,18,19)(H,20,21)/t8-,9+/m0/s1. The van der Waals surface area contributed by atoms with Gasteiger partial charge in [-0.25, -0.2) is 4.98 Å². The number of hydrogen-bond donors (Lipinski definition) is 2. The molecule has 0 unspecified atom stereocenters. The smallest absolute Gasteiger partial charge is 0.306 e. The van der Waals surface area contributed by atoms with E-state index in [2.05, 4.69) is 10.3 Å². The van der Waals surface area contributed by atoms with Crippen LogP contribution in [0.3, 0.4) is 0 Å². The molecular formula is C15H15ClN2O3S2. The minimum atomic E-state index is -0.785. The molecule has 1 aliphatic carbocycles. The zero-order valence-electron chi connectivity index (χ0n) is 12.3. The van der Waals surface area contributed by atoms with Gasteiger partial charge in [-0.2, -0.15) is 0 Å². The van der Waals surface area contributed by atoms with E-state index >= 15 is 0 Å². The lowest BCUT2D eigenvalue weighted by Gasteiger charge is -2.11. The highest BCUT2D eigenvalue weighted by atomic mass is 35.5. The number of hydrogen-bond acceptors (Lipinski definition) is 5. The second-order valence-electron chi connectivity index (χ2n) is 5.56. The maximum Gasteiger partial charge on any atom is 0.306 e. The maximum absolute atomic E-state index is 12.4. The van der Waals surface area contributed by atoms with Crippen LogP contribution in [0.1, 0.15) is 34.6 Å². The molecule has 3 rings (SSSR count). The quantitative estimate of drug-likeness (QED) is 0.857. The van der Waals surface area contributed by atoms with Crippen LogP contribution >= 0.6 is 34.3 Å². The number of amides is 1. The maximum atomic E-state index is 12.4. The van der Waals surface area contributed by atoms with Gasteiger partial charge in [-0.15, -0.1) is 22.7 Å². The highest BCUT2D eigenvalue weighted by molar-refractivity contribution is 7.24. The Bertz CT molecular complexity index is 756. The molecule has 0 saturated heterocycles. The molecule has 5 nitrogen and oxygen atoms in total. The summed E-state index contributed by atoms with van der Waals surface area (Å²) in [4.78, 5) is 29.4. The molecule has 1 saturated carbocycles. The van der Waals surface area contributed by atoms with E-state index in [9.17, 15) is 9.59 Å². The van der Waals surface area contributed by atoms with Crippen LogP contribution in [-0.2, 0) is 4.79 Å². The average molecular weight is 371 g/mol. The number of thiophene rings is 1. The van der Waals surface area contributed by atoms with Gasteiger partial charge in [-0.1, -0.05) is 11.6 Å². The van der Waals surface area contributed by atoms with Crippen LogP contribution in [0.2, 0.25) is 4.34 Å². The number of nitrogens with one attached hydrogen (secondary N) is 1. The number of carboxylic acids is 1. The molecule has 0 aliphatic heterocycles. The van der Waals surface area contributed by atoms with E-state index in [1.165, 1.54) is 22.7 Å². The van der Waals surface area contributed by atoms with E-state index in [0.717, 1.165) is 9.88 Å². The van der Waals surface area contributed by atoms with Crippen LogP contribution in [-0.4, -0.2) is 28.0 Å². The van der Waals surface area contributed by atoms with Gasteiger partial charge >= 0.3 is 5.97 Å². The van der Waals surface area contributed by atoms with Gasteiger partial charge in [0.15, 0.2) is 0 Å². The molecule has 0 radical (unpaired) electrons. The lowest BCUT2D eigenvalue weighted by atomic mass is 10.1. The normalized spacial score (nSPS) is 20.6. The third-order valence-corrected chi connectivity index (χ3v) is 6.46. The van der Waals surface area contributed by atoms with Crippen molar-refractivity contribution in [2.24, 2.45) is 5.92 Å². The Hall–Kier alpha value is -1.44. The van der Waals surface area contributed by atoms with E-state index in [1.807, 2.05) is 12.1 Å². The molecule has 2 heterocycles. The summed E-state index contributed by atoms with van der Waals surface area (Å²) in [6.07, 6.45) is 1.81. The number of carbonyl (C=O) groups excluding carboxylic acids is 1. The summed E-state index contributed by atoms with van der Waals surface area (Å²) in [6, 6.07) is 3.62. The lowest BCUT2D eigenvalue weighted by Crippen LogP contribution is -2.33. The third-order valence-electron chi connectivity index (χ3n) is 3.90. The number of rotatable bonds is 4. The summed E-state index contributed by atoms with van der Waals surface area (Å²) in [5.41, 5.74) is 0.680. The first kappa shape index (κ1) is 16.4. The zero-order valence-corrected chi connectivity index (χ0v) is 14.7. The van der Waals surface area contributed by atoms with E-state index in [-0.39, 0.29) is 17.9 Å². The summed E-state index contributed by atoms with van der Waals surface area (Å²) in [7, 11) is 0. The zero-order chi connectivity index (χ0) is 16.6.